The van der Waals surface area contributed by atoms with E-state index in [1.54, 1.807) is 18.7 Å². The minimum absolute atomic E-state index is 0.0848. The van der Waals surface area contributed by atoms with E-state index in [1.807, 2.05) is 41.8 Å². The summed E-state index contributed by atoms with van der Waals surface area (Å²) < 4.78 is 0. The maximum absolute atomic E-state index is 11.7. The SMILES string of the molecule is C=C[C@@]1(C)[C@H](C)CC[C@@](C#N)(/C=C/C=C\Sc2ccccc2)[C@@H]1CCC(C)=O. The highest BCUT2D eigenvalue weighted by Crippen LogP contribution is 2.57. The molecule has 1 aliphatic rings. The largest absolute Gasteiger partial charge is 0.300 e. The van der Waals surface area contributed by atoms with Gasteiger partial charge in [0, 0.05) is 11.3 Å². The lowest BCUT2D eigenvalue weighted by atomic mass is 9.50. The highest BCUT2D eigenvalue weighted by Gasteiger charge is 2.52. The van der Waals surface area contributed by atoms with Crippen molar-refractivity contribution in [3.8, 4) is 6.07 Å². The van der Waals surface area contributed by atoms with Crippen LogP contribution in [0.1, 0.15) is 46.5 Å². The van der Waals surface area contributed by atoms with Gasteiger partial charge in [-0.1, -0.05) is 68.1 Å². The van der Waals surface area contributed by atoms with Crippen LogP contribution < -0.4 is 0 Å². The van der Waals surface area contributed by atoms with Gasteiger partial charge in [0.1, 0.15) is 5.78 Å². The molecule has 2 nitrogen and oxygen atoms in total. The Balaban J connectivity index is 2.23. The molecule has 2 rings (SSSR count). The zero-order chi connectivity index (χ0) is 20.6. The van der Waals surface area contributed by atoms with Crippen LogP contribution in [0.4, 0.5) is 0 Å². The van der Waals surface area contributed by atoms with Crippen molar-refractivity contribution < 1.29 is 4.79 Å². The van der Waals surface area contributed by atoms with Gasteiger partial charge in [0.15, 0.2) is 0 Å². The van der Waals surface area contributed by atoms with Crippen molar-refractivity contribution in [3.05, 3.63) is 66.6 Å². The predicted octanol–water partition coefficient (Wildman–Crippen LogP) is 6.97. The first-order chi connectivity index (χ1) is 13.4. The van der Waals surface area contributed by atoms with Crippen LogP contribution in [0.15, 0.2) is 71.5 Å². The van der Waals surface area contributed by atoms with Crippen LogP contribution in [-0.2, 0) is 4.79 Å². The average molecular weight is 394 g/mol. The molecule has 0 heterocycles. The second-order valence-electron chi connectivity index (χ2n) is 8.07. The van der Waals surface area contributed by atoms with E-state index in [9.17, 15) is 10.1 Å². The number of ketones is 1. The van der Waals surface area contributed by atoms with Crippen molar-refractivity contribution in [2.45, 2.75) is 51.3 Å². The van der Waals surface area contributed by atoms with E-state index in [0.717, 1.165) is 19.3 Å². The van der Waals surface area contributed by atoms with Gasteiger partial charge in [0.05, 0.1) is 11.5 Å². The number of carbonyl (C=O) groups is 1. The Morgan fingerprint density at radius 1 is 1.36 bits per heavy atom. The fourth-order valence-electron chi connectivity index (χ4n) is 4.36. The van der Waals surface area contributed by atoms with Crippen molar-refractivity contribution in [3.63, 3.8) is 0 Å². The minimum atomic E-state index is -0.563. The third-order valence-corrected chi connectivity index (χ3v) is 7.23. The molecule has 3 heteroatoms. The van der Waals surface area contributed by atoms with Gasteiger partial charge in [-0.2, -0.15) is 5.26 Å². The third-order valence-electron chi connectivity index (χ3n) is 6.39. The summed E-state index contributed by atoms with van der Waals surface area (Å²) >= 11 is 1.66. The summed E-state index contributed by atoms with van der Waals surface area (Å²) in [5, 5.41) is 12.2. The Labute approximate surface area is 174 Å². The van der Waals surface area contributed by atoms with Crippen LogP contribution >= 0.6 is 11.8 Å². The number of nitriles is 1. The van der Waals surface area contributed by atoms with E-state index in [1.165, 1.54) is 4.90 Å². The summed E-state index contributed by atoms with van der Waals surface area (Å²) in [6, 6.07) is 12.8. The van der Waals surface area contributed by atoms with Gasteiger partial charge in [0.25, 0.3) is 0 Å². The van der Waals surface area contributed by atoms with E-state index in [4.69, 9.17) is 0 Å². The molecule has 28 heavy (non-hydrogen) atoms. The zero-order valence-electron chi connectivity index (χ0n) is 17.2. The molecule has 0 N–H and O–H groups in total. The van der Waals surface area contributed by atoms with Crippen molar-refractivity contribution >= 4 is 17.5 Å². The van der Waals surface area contributed by atoms with E-state index in [2.05, 4.69) is 44.7 Å². The highest BCUT2D eigenvalue weighted by atomic mass is 32.2. The molecular formula is C25H31NOS. The molecule has 0 unspecified atom stereocenters. The van der Waals surface area contributed by atoms with Crippen molar-refractivity contribution in [2.24, 2.45) is 22.7 Å². The molecular weight excluding hydrogens is 362 g/mol. The number of carbonyl (C=O) groups excluding carboxylic acids is 1. The van der Waals surface area contributed by atoms with Crippen LogP contribution in [0.3, 0.4) is 0 Å². The molecule has 1 fully saturated rings. The molecule has 0 radical (unpaired) electrons. The lowest BCUT2D eigenvalue weighted by Crippen LogP contribution is -2.47. The molecule has 1 aromatic rings. The molecule has 1 aromatic carbocycles. The Kier molecular flexibility index (Phi) is 7.89. The number of hydrogen-bond donors (Lipinski definition) is 0. The van der Waals surface area contributed by atoms with Crippen molar-refractivity contribution in [1.82, 2.24) is 0 Å². The molecule has 0 aromatic heterocycles. The van der Waals surface area contributed by atoms with Gasteiger partial charge in [-0.05, 0) is 61.0 Å². The Morgan fingerprint density at radius 2 is 2.07 bits per heavy atom. The predicted molar refractivity (Wildman–Crippen MR) is 119 cm³/mol. The van der Waals surface area contributed by atoms with Crippen molar-refractivity contribution in [1.29, 1.82) is 5.26 Å². The van der Waals surface area contributed by atoms with Gasteiger partial charge in [-0.25, -0.2) is 0 Å². The first kappa shape index (κ1) is 22.2. The second-order valence-corrected chi connectivity index (χ2v) is 9.05. The Morgan fingerprint density at radius 3 is 2.68 bits per heavy atom. The minimum Gasteiger partial charge on any atom is -0.300 e. The van der Waals surface area contributed by atoms with Gasteiger partial charge < -0.3 is 4.79 Å². The first-order valence-electron chi connectivity index (χ1n) is 9.98. The number of Topliss-reactive ketones (excluding diaryl/α,β-unsaturated/α-hetero) is 1. The van der Waals surface area contributed by atoms with Gasteiger partial charge in [-0.15, -0.1) is 6.58 Å². The summed E-state index contributed by atoms with van der Waals surface area (Å²) in [4.78, 5) is 12.8. The van der Waals surface area contributed by atoms with Crippen LogP contribution in [0.5, 0.6) is 0 Å². The van der Waals surface area contributed by atoms with Gasteiger partial charge >= 0.3 is 0 Å². The topological polar surface area (TPSA) is 40.9 Å². The zero-order valence-corrected chi connectivity index (χ0v) is 18.0. The standard InChI is InChI=1S/C25H31NOS/c1-5-24(4)20(2)15-17-25(19-26,23(24)14-13-21(3)27)16-9-10-18-28-22-11-7-6-8-12-22/h5-12,16,18,20,23H,1,13-15,17H2,2-4H3/b16-9+,18-10-/t20-,23-,24+,25-/m1/s1. The fourth-order valence-corrected chi connectivity index (χ4v) is 5.00. The summed E-state index contributed by atoms with van der Waals surface area (Å²) in [5.74, 6) is 0.710. The number of benzene rings is 1. The summed E-state index contributed by atoms with van der Waals surface area (Å²) in [5.41, 5.74) is -0.719. The molecule has 0 amide bonds. The Bertz CT molecular complexity index is 775. The van der Waals surface area contributed by atoms with E-state index in [0.29, 0.717) is 12.3 Å². The molecule has 0 spiro atoms. The maximum atomic E-state index is 11.7. The van der Waals surface area contributed by atoms with E-state index < -0.39 is 5.41 Å². The number of thioether (sulfide) groups is 1. The number of hydrogen-bond acceptors (Lipinski definition) is 3. The smallest absolute Gasteiger partial charge is 0.129 e. The van der Waals surface area contributed by atoms with Crippen LogP contribution in [0.2, 0.25) is 0 Å². The fraction of sp³-hybridized carbons (Fsp3) is 0.440. The lowest BCUT2D eigenvalue weighted by molar-refractivity contribution is -0.117. The molecule has 0 bridgehead atoms. The van der Waals surface area contributed by atoms with Crippen molar-refractivity contribution in [2.75, 3.05) is 0 Å². The summed E-state index contributed by atoms with van der Waals surface area (Å²) in [7, 11) is 0. The molecule has 1 saturated carbocycles. The van der Waals surface area contributed by atoms with Crippen LogP contribution in [0.25, 0.3) is 0 Å². The molecule has 1 aliphatic carbocycles. The van der Waals surface area contributed by atoms with E-state index in [-0.39, 0.29) is 17.1 Å². The third kappa shape index (κ3) is 5.06. The van der Waals surface area contributed by atoms with Crippen LogP contribution in [-0.4, -0.2) is 5.78 Å². The van der Waals surface area contributed by atoms with E-state index >= 15 is 0 Å². The molecule has 4 atom stereocenters. The summed E-state index contributed by atoms with van der Waals surface area (Å²) in [6.07, 6.45) is 11.1. The van der Waals surface area contributed by atoms with Gasteiger partial charge in [-0.3, -0.25) is 0 Å². The highest BCUT2D eigenvalue weighted by molar-refractivity contribution is 8.02. The van der Waals surface area contributed by atoms with Gasteiger partial charge in [0.2, 0.25) is 0 Å². The number of rotatable bonds is 8. The van der Waals surface area contributed by atoms with Crippen LogP contribution in [0, 0.1) is 34.0 Å². The molecule has 0 saturated heterocycles. The normalized spacial score (nSPS) is 30.4. The average Bonchev–Trinajstić information content (AvgIpc) is 2.70. The lowest BCUT2D eigenvalue weighted by Gasteiger charge is -2.52. The Hall–Kier alpha value is -2.05. The number of nitrogens with zero attached hydrogens (tertiary/aromatic N) is 1. The first-order valence-corrected chi connectivity index (χ1v) is 10.9. The molecule has 148 valence electrons. The second kappa shape index (κ2) is 9.94. The summed E-state index contributed by atoms with van der Waals surface area (Å²) in [6.45, 7) is 10.2. The maximum Gasteiger partial charge on any atom is 0.129 e. The number of allylic oxidation sites excluding steroid dienone is 4. The molecule has 0 aliphatic heterocycles. The monoisotopic (exact) mass is 393 g/mol. The quantitative estimate of drug-likeness (QED) is 0.272.